The van der Waals surface area contributed by atoms with Gasteiger partial charge >= 0.3 is 5.63 Å². The Balaban J connectivity index is 1.81. The van der Waals surface area contributed by atoms with E-state index < -0.39 is 5.63 Å². The smallest absolute Gasteiger partial charge is 0.349 e. The Bertz CT molecular complexity index is 942. The van der Waals surface area contributed by atoms with Crippen LogP contribution in [0.3, 0.4) is 0 Å². The lowest BCUT2D eigenvalue weighted by Gasteiger charge is -2.16. The first-order chi connectivity index (χ1) is 10.7. The zero-order chi connectivity index (χ0) is 15.1. The maximum absolute atomic E-state index is 12.7. The van der Waals surface area contributed by atoms with Crippen LogP contribution in [-0.4, -0.2) is 12.5 Å². The average molecular weight is 291 g/mol. The maximum Gasteiger partial charge on any atom is 0.349 e. The Kier molecular flexibility index (Phi) is 2.82. The minimum atomic E-state index is -0.590. The molecule has 0 atom stereocenters. The van der Waals surface area contributed by atoms with Gasteiger partial charge in [0.2, 0.25) is 0 Å². The zero-order valence-electron chi connectivity index (χ0n) is 11.8. The second kappa shape index (κ2) is 4.84. The molecule has 0 unspecified atom stereocenters. The first-order valence-corrected chi connectivity index (χ1v) is 7.17. The van der Waals surface area contributed by atoms with Crippen molar-refractivity contribution in [3.05, 3.63) is 76.1 Å². The van der Waals surface area contributed by atoms with E-state index in [-0.39, 0.29) is 11.5 Å². The minimum Gasteiger partial charge on any atom is -0.422 e. The number of nitrogens with zero attached hydrogens (tertiary/aromatic N) is 1. The Labute approximate surface area is 126 Å². The van der Waals surface area contributed by atoms with Gasteiger partial charge in [0, 0.05) is 17.6 Å². The van der Waals surface area contributed by atoms with E-state index in [0.29, 0.717) is 12.1 Å². The topological polar surface area (TPSA) is 50.5 Å². The third-order valence-electron chi connectivity index (χ3n) is 4.00. The molecule has 1 aliphatic heterocycles. The summed E-state index contributed by atoms with van der Waals surface area (Å²) in [6, 6.07) is 16.6. The molecule has 0 saturated carbocycles. The number of anilines is 1. The number of carbonyl (C=O) groups excluding carboxylic acids is 1. The Morgan fingerprint density at radius 1 is 1.05 bits per heavy atom. The van der Waals surface area contributed by atoms with Gasteiger partial charge in [-0.05, 0) is 30.2 Å². The highest BCUT2D eigenvalue weighted by atomic mass is 16.4. The highest BCUT2D eigenvalue weighted by molar-refractivity contribution is 6.08. The molecule has 4 heteroatoms. The molecule has 0 N–H and O–H groups in total. The van der Waals surface area contributed by atoms with Gasteiger partial charge in [0.25, 0.3) is 5.91 Å². The predicted octanol–water partition coefficient (Wildman–Crippen LogP) is 3.00. The van der Waals surface area contributed by atoms with E-state index in [9.17, 15) is 9.59 Å². The molecular formula is C18H13NO3. The molecule has 0 fully saturated rings. The van der Waals surface area contributed by atoms with Crippen LogP contribution < -0.4 is 10.5 Å². The number of hydrogen-bond acceptors (Lipinski definition) is 3. The van der Waals surface area contributed by atoms with Crippen LogP contribution in [0.5, 0.6) is 0 Å². The monoisotopic (exact) mass is 291 g/mol. The number of benzene rings is 2. The fraction of sp³-hybridized carbons (Fsp3) is 0.111. The molecule has 1 amide bonds. The molecule has 2 aromatic carbocycles. The number of carbonyl (C=O) groups is 1. The number of fused-ring (bicyclic) bond motifs is 2. The minimum absolute atomic E-state index is 0.0791. The molecule has 0 aliphatic carbocycles. The normalized spacial score (nSPS) is 13.4. The van der Waals surface area contributed by atoms with E-state index in [1.165, 1.54) is 0 Å². The summed E-state index contributed by atoms with van der Waals surface area (Å²) in [5, 5.41) is 0.748. The third-order valence-corrected chi connectivity index (χ3v) is 4.00. The summed E-state index contributed by atoms with van der Waals surface area (Å²) in [6.45, 7) is 0.588. The first-order valence-electron chi connectivity index (χ1n) is 7.17. The van der Waals surface area contributed by atoms with Crippen LogP contribution >= 0.6 is 0 Å². The fourth-order valence-electron chi connectivity index (χ4n) is 2.91. The van der Waals surface area contributed by atoms with E-state index in [1.807, 2.05) is 36.4 Å². The summed E-state index contributed by atoms with van der Waals surface area (Å²) < 4.78 is 5.26. The van der Waals surface area contributed by atoms with Crippen LogP contribution in [0.15, 0.2) is 63.8 Å². The molecule has 2 heterocycles. The zero-order valence-corrected chi connectivity index (χ0v) is 11.8. The van der Waals surface area contributed by atoms with Crippen molar-refractivity contribution in [3.63, 3.8) is 0 Å². The molecule has 4 nitrogen and oxygen atoms in total. The fourth-order valence-corrected chi connectivity index (χ4v) is 2.91. The van der Waals surface area contributed by atoms with Gasteiger partial charge in [-0.2, -0.15) is 0 Å². The van der Waals surface area contributed by atoms with E-state index >= 15 is 0 Å². The molecular weight excluding hydrogens is 278 g/mol. The van der Waals surface area contributed by atoms with Gasteiger partial charge in [0.1, 0.15) is 11.1 Å². The SMILES string of the molecule is O=C(c1cc2ccccc2oc1=O)N1CCc2ccccc21. The van der Waals surface area contributed by atoms with Crippen LogP contribution in [0.2, 0.25) is 0 Å². The quantitative estimate of drug-likeness (QED) is 0.648. The number of rotatable bonds is 1. The maximum atomic E-state index is 12.7. The molecule has 0 spiro atoms. The van der Waals surface area contributed by atoms with E-state index in [1.54, 1.807) is 23.1 Å². The highest BCUT2D eigenvalue weighted by Crippen LogP contribution is 2.28. The lowest BCUT2D eigenvalue weighted by Crippen LogP contribution is -2.32. The number of para-hydroxylation sites is 2. The van der Waals surface area contributed by atoms with Crippen LogP contribution in [-0.2, 0) is 6.42 Å². The largest absolute Gasteiger partial charge is 0.422 e. The van der Waals surface area contributed by atoms with Crippen LogP contribution in [0.25, 0.3) is 11.0 Å². The molecule has 22 heavy (non-hydrogen) atoms. The predicted molar refractivity (Wildman–Crippen MR) is 84.3 cm³/mol. The molecule has 0 radical (unpaired) electrons. The summed E-state index contributed by atoms with van der Waals surface area (Å²) in [5.41, 5.74) is 1.98. The van der Waals surface area contributed by atoms with Gasteiger partial charge in [-0.3, -0.25) is 4.79 Å². The Hall–Kier alpha value is -2.88. The first kappa shape index (κ1) is 12.8. The molecule has 3 aromatic rings. The van der Waals surface area contributed by atoms with Crippen molar-refractivity contribution in [3.8, 4) is 0 Å². The molecule has 4 rings (SSSR count). The Morgan fingerprint density at radius 3 is 2.73 bits per heavy atom. The number of amides is 1. The average Bonchev–Trinajstić information content (AvgIpc) is 2.97. The van der Waals surface area contributed by atoms with E-state index in [4.69, 9.17) is 4.42 Å². The van der Waals surface area contributed by atoms with Crippen LogP contribution in [0.1, 0.15) is 15.9 Å². The Morgan fingerprint density at radius 2 is 1.82 bits per heavy atom. The van der Waals surface area contributed by atoms with Gasteiger partial charge in [-0.1, -0.05) is 36.4 Å². The number of hydrogen-bond donors (Lipinski definition) is 0. The van der Waals surface area contributed by atoms with Gasteiger partial charge in [0.15, 0.2) is 0 Å². The summed E-state index contributed by atoms with van der Waals surface area (Å²) in [6.07, 6.45) is 0.806. The summed E-state index contributed by atoms with van der Waals surface area (Å²) >= 11 is 0. The van der Waals surface area contributed by atoms with Crippen molar-refractivity contribution in [1.82, 2.24) is 0 Å². The molecule has 0 bridgehead atoms. The second-order valence-electron chi connectivity index (χ2n) is 5.32. The van der Waals surface area contributed by atoms with Crippen molar-refractivity contribution in [2.45, 2.75) is 6.42 Å². The molecule has 0 saturated heterocycles. The van der Waals surface area contributed by atoms with Gasteiger partial charge in [-0.25, -0.2) is 4.79 Å². The lowest BCUT2D eigenvalue weighted by atomic mass is 10.1. The van der Waals surface area contributed by atoms with Crippen LogP contribution in [0.4, 0.5) is 5.69 Å². The lowest BCUT2D eigenvalue weighted by molar-refractivity contribution is 0.0986. The van der Waals surface area contributed by atoms with Gasteiger partial charge in [0.05, 0.1) is 0 Å². The standard InChI is InChI=1S/C18H13NO3/c20-17(19-10-9-12-5-1-3-7-15(12)19)14-11-13-6-2-4-8-16(13)22-18(14)21/h1-8,11H,9-10H2. The molecule has 1 aromatic heterocycles. The van der Waals surface area contributed by atoms with Crippen LogP contribution in [0, 0.1) is 0 Å². The van der Waals surface area contributed by atoms with Crippen molar-refractivity contribution in [1.29, 1.82) is 0 Å². The van der Waals surface area contributed by atoms with Gasteiger partial charge in [-0.15, -0.1) is 0 Å². The van der Waals surface area contributed by atoms with E-state index in [0.717, 1.165) is 23.1 Å². The van der Waals surface area contributed by atoms with Gasteiger partial charge < -0.3 is 9.32 Å². The molecule has 108 valence electrons. The van der Waals surface area contributed by atoms with Crippen molar-refractivity contribution in [2.24, 2.45) is 0 Å². The summed E-state index contributed by atoms with van der Waals surface area (Å²) in [5.74, 6) is -0.301. The highest BCUT2D eigenvalue weighted by Gasteiger charge is 2.27. The summed E-state index contributed by atoms with van der Waals surface area (Å²) in [7, 11) is 0. The summed E-state index contributed by atoms with van der Waals surface area (Å²) in [4.78, 5) is 26.5. The van der Waals surface area contributed by atoms with Crippen molar-refractivity contribution >= 4 is 22.6 Å². The van der Waals surface area contributed by atoms with E-state index in [2.05, 4.69) is 0 Å². The van der Waals surface area contributed by atoms with Crippen molar-refractivity contribution < 1.29 is 9.21 Å². The molecule has 1 aliphatic rings. The second-order valence-corrected chi connectivity index (χ2v) is 5.32. The third kappa shape index (κ3) is 1.92. The van der Waals surface area contributed by atoms with Crippen molar-refractivity contribution in [2.75, 3.05) is 11.4 Å².